The fraction of sp³-hybridized carbons (Fsp3) is 0.500. The van der Waals surface area contributed by atoms with Crippen LogP contribution in [0.3, 0.4) is 0 Å². The normalized spacial score (nSPS) is 18.2. The summed E-state index contributed by atoms with van der Waals surface area (Å²) in [5, 5.41) is 6.36. The van der Waals surface area contributed by atoms with E-state index in [1.165, 1.54) is 12.0 Å². The molecular formula is C14H21ClN2O. The van der Waals surface area contributed by atoms with Gasteiger partial charge in [-0.25, -0.2) is 0 Å². The largest absolute Gasteiger partial charge is 0.350 e. The molecule has 3 nitrogen and oxygen atoms in total. The van der Waals surface area contributed by atoms with Crippen molar-refractivity contribution < 1.29 is 4.79 Å². The van der Waals surface area contributed by atoms with Gasteiger partial charge in [0.15, 0.2) is 0 Å². The average Bonchev–Trinajstić information content (AvgIpc) is 2.82. The minimum atomic E-state index is 0. The van der Waals surface area contributed by atoms with Crippen LogP contribution in [0.5, 0.6) is 0 Å². The van der Waals surface area contributed by atoms with Crippen LogP contribution in [0.25, 0.3) is 0 Å². The lowest BCUT2D eigenvalue weighted by molar-refractivity contribution is 0.0950. The summed E-state index contributed by atoms with van der Waals surface area (Å²) >= 11 is 0. The molecule has 2 rings (SSSR count). The molecule has 1 aliphatic heterocycles. The number of carbonyl (C=O) groups excluding carboxylic acids is 1. The molecule has 1 saturated heterocycles. The number of carbonyl (C=O) groups is 1. The van der Waals surface area contributed by atoms with Gasteiger partial charge in [0.25, 0.3) is 5.91 Å². The van der Waals surface area contributed by atoms with E-state index in [0.717, 1.165) is 30.6 Å². The lowest BCUT2D eigenvalue weighted by Crippen LogP contribution is -2.37. The zero-order valence-corrected chi connectivity index (χ0v) is 11.8. The van der Waals surface area contributed by atoms with Crippen molar-refractivity contribution in [1.82, 2.24) is 10.6 Å². The second-order valence-corrected chi connectivity index (χ2v) is 4.80. The number of hydrogen-bond donors (Lipinski definition) is 2. The molecule has 1 aromatic rings. The number of hydrogen-bond acceptors (Lipinski definition) is 2. The first-order valence-corrected chi connectivity index (χ1v) is 6.25. The summed E-state index contributed by atoms with van der Waals surface area (Å²) in [6.07, 6.45) is 2.37. The van der Waals surface area contributed by atoms with Gasteiger partial charge in [-0.15, -0.1) is 12.4 Å². The number of aryl methyl sites for hydroxylation is 2. The van der Waals surface area contributed by atoms with Gasteiger partial charge in [-0.1, -0.05) is 6.07 Å². The average molecular weight is 269 g/mol. The zero-order valence-electron chi connectivity index (χ0n) is 11.0. The number of rotatable bonds is 3. The SMILES string of the molecule is Cc1ccc(C(=O)NCC2CCCN2)cc1C.Cl. The molecular weight excluding hydrogens is 248 g/mol. The Bertz CT molecular complexity index is 414. The smallest absolute Gasteiger partial charge is 0.251 e. The molecule has 4 heteroatoms. The number of halogens is 1. The molecule has 1 unspecified atom stereocenters. The van der Waals surface area contributed by atoms with Crippen LogP contribution in [0.15, 0.2) is 18.2 Å². The van der Waals surface area contributed by atoms with E-state index in [4.69, 9.17) is 0 Å². The van der Waals surface area contributed by atoms with Crippen LogP contribution in [0, 0.1) is 13.8 Å². The van der Waals surface area contributed by atoms with Crippen LogP contribution in [-0.2, 0) is 0 Å². The standard InChI is InChI=1S/C14H20N2O.ClH/c1-10-5-6-12(8-11(10)2)14(17)16-9-13-4-3-7-15-13;/h5-6,8,13,15H,3-4,7,9H2,1-2H3,(H,16,17);1H. The van der Waals surface area contributed by atoms with Gasteiger partial charge < -0.3 is 10.6 Å². The molecule has 1 atom stereocenters. The predicted molar refractivity (Wildman–Crippen MR) is 76.5 cm³/mol. The van der Waals surface area contributed by atoms with E-state index in [9.17, 15) is 4.79 Å². The van der Waals surface area contributed by atoms with E-state index in [1.54, 1.807) is 0 Å². The molecule has 0 bridgehead atoms. The summed E-state index contributed by atoms with van der Waals surface area (Å²) in [4.78, 5) is 11.9. The second-order valence-electron chi connectivity index (χ2n) is 4.80. The predicted octanol–water partition coefficient (Wildman–Crippen LogP) is 2.21. The van der Waals surface area contributed by atoms with Gasteiger partial charge in [0.1, 0.15) is 0 Å². The molecule has 0 saturated carbocycles. The maximum atomic E-state index is 11.9. The van der Waals surface area contributed by atoms with Crippen molar-refractivity contribution in [2.24, 2.45) is 0 Å². The monoisotopic (exact) mass is 268 g/mol. The molecule has 0 aromatic heterocycles. The van der Waals surface area contributed by atoms with Crippen LogP contribution >= 0.6 is 12.4 Å². The van der Waals surface area contributed by atoms with Crippen molar-refractivity contribution in [3.05, 3.63) is 34.9 Å². The highest BCUT2D eigenvalue weighted by Crippen LogP contribution is 2.10. The highest BCUT2D eigenvalue weighted by atomic mass is 35.5. The summed E-state index contributed by atoms with van der Waals surface area (Å²) in [6.45, 7) is 5.89. The van der Waals surface area contributed by atoms with E-state index in [-0.39, 0.29) is 18.3 Å². The molecule has 0 radical (unpaired) electrons. The third-order valence-corrected chi connectivity index (χ3v) is 3.44. The molecule has 1 amide bonds. The van der Waals surface area contributed by atoms with Crippen molar-refractivity contribution in [1.29, 1.82) is 0 Å². The minimum absolute atomic E-state index is 0. The van der Waals surface area contributed by atoms with Crippen LogP contribution in [0.2, 0.25) is 0 Å². The Kier molecular flexibility index (Phi) is 5.63. The molecule has 18 heavy (non-hydrogen) atoms. The molecule has 1 heterocycles. The Morgan fingerprint density at radius 2 is 2.17 bits per heavy atom. The molecule has 1 aromatic carbocycles. The number of amides is 1. The maximum Gasteiger partial charge on any atom is 0.251 e. The molecule has 0 spiro atoms. The van der Waals surface area contributed by atoms with E-state index in [2.05, 4.69) is 17.6 Å². The van der Waals surface area contributed by atoms with E-state index >= 15 is 0 Å². The molecule has 100 valence electrons. The zero-order chi connectivity index (χ0) is 12.3. The summed E-state index contributed by atoms with van der Waals surface area (Å²) < 4.78 is 0. The van der Waals surface area contributed by atoms with Gasteiger partial charge in [-0.05, 0) is 56.5 Å². The molecule has 0 aliphatic carbocycles. The topological polar surface area (TPSA) is 41.1 Å². The first kappa shape index (κ1) is 15.0. The summed E-state index contributed by atoms with van der Waals surface area (Å²) in [5.74, 6) is 0.0294. The van der Waals surface area contributed by atoms with Gasteiger partial charge in [0, 0.05) is 18.2 Å². The van der Waals surface area contributed by atoms with Crippen LogP contribution < -0.4 is 10.6 Å². The van der Waals surface area contributed by atoms with Gasteiger partial charge in [-0.3, -0.25) is 4.79 Å². The summed E-state index contributed by atoms with van der Waals surface area (Å²) in [6, 6.07) is 6.29. The summed E-state index contributed by atoms with van der Waals surface area (Å²) in [5.41, 5.74) is 3.14. The first-order chi connectivity index (χ1) is 8.16. The highest BCUT2D eigenvalue weighted by Gasteiger charge is 2.15. The van der Waals surface area contributed by atoms with Gasteiger partial charge in [-0.2, -0.15) is 0 Å². The van der Waals surface area contributed by atoms with Crippen molar-refractivity contribution in [3.8, 4) is 0 Å². The van der Waals surface area contributed by atoms with Crippen molar-refractivity contribution in [3.63, 3.8) is 0 Å². The Morgan fingerprint density at radius 1 is 1.39 bits per heavy atom. The van der Waals surface area contributed by atoms with Crippen LogP contribution in [0.1, 0.15) is 34.3 Å². The third-order valence-electron chi connectivity index (χ3n) is 3.44. The second kappa shape index (κ2) is 6.76. The molecule has 1 aliphatic rings. The number of nitrogens with one attached hydrogen (secondary N) is 2. The minimum Gasteiger partial charge on any atom is -0.350 e. The van der Waals surface area contributed by atoms with Crippen LogP contribution in [-0.4, -0.2) is 25.0 Å². The number of benzene rings is 1. The maximum absolute atomic E-state index is 11.9. The van der Waals surface area contributed by atoms with Gasteiger partial charge in [0.05, 0.1) is 0 Å². The van der Waals surface area contributed by atoms with Gasteiger partial charge in [0.2, 0.25) is 0 Å². The van der Waals surface area contributed by atoms with Crippen molar-refractivity contribution >= 4 is 18.3 Å². The summed E-state index contributed by atoms with van der Waals surface area (Å²) in [7, 11) is 0. The van der Waals surface area contributed by atoms with E-state index < -0.39 is 0 Å². The lowest BCUT2D eigenvalue weighted by atomic mass is 10.1. The van der Waals surface area contributed by atoms with Crippen LogP contribution in [0.4, 0.5) is 0 Å². The fourth-order valence-corrected chi connectivity index (χ4v) is 2.13. The quantitative estimate of drug-likeness (QED) is 0.883. The highest BCUT2D eigenvalue weighted by molar-refractivity contribution is 5.94. The van der Waals surface area contributed by atoms with Crippen molar-refractivity contribution in [2.75, 3.05) is 13.1 Å². The Balaban J connectivity index is 0.00000162. The van der Waals surface area contributed by atoms with E-state index in [1.807, 2.05) is 25.1 Å². The van der Waals surface area contributed by atoms with Gasteiger partial charge >= 0.3 is 0 Å². The third kappa shape index (κ3) is 3.72. The lowest BCUT2D eigenvalue weighted by Gasteiger charge is -2.12. The Hall–Kier alpha value is -1.06. The van der Waals surface area contributed by atoms with Crippen molar-refractivity contribution in [2.45, 2.75) is 32.7 Å². The molecule has 2 N–H and O–H groups in total. The first-order valence-electron chi connectivity index (χ1n) is 6.25. The Morgan fingerprint density at radius 3 is 2.78 bits per heavy atom. The van der Waals surface area contributed by atoms with E-state index in [0.29, 0.717) is 6.04 Å². The Labute approximate surface area is 115 Å². The fourth-order valence-electron chi connectivity index (χ4n) is 2.13. The molecule has 1 fully saturated rings.